The summed E-state index contributed by atoms with van der Waals surface area (Å²) in [5.41, 5.74) is 0. The van der Waals surface area contributed by atoms with Gasteiger partial charge in [0.1, 0.15) is 14.0 Å². The minimum absolute atomic E-state index is 0.101. The van der Waals surface area contributed by atoms with Crippen molar-refractivity contribution >= 4 is 66.6 Å². The van der Waals surface area contributed by atoms with Crippen LogP contribution in [0.2, 0.25) is 0 Å². The van der Waals surface area contributed by atoms with Gasteiger partial charge in [-0.3, -0.25) is 18.6 Å². The second kappa shape index (κ2) is 21.8. The predicted octanol–water partition coefficient (Wildman–Crippen LogP) is 1.19. The monoisotopic (exact) mass is 864 g/mol. The molecule has 300 valence electrons. The lowest BCUT2D eigenvalue weighted by Gasteiger charge is -2.21. The van der Waals surface area contributed by atoms with Gasteiger partial charge in [0.25, 0.3) is 0 Å². The van der Waals surface area contributed by atoms with Gasteiger partial charge in [0.15, 0.2) is 0 Å². The topological polar surface area (TPSA) is 376 Å². The Hall–Kier alpha value is -0.215. The van der Waals surface area contributed by atoms with Crippen LogP contribution in [0.15, 0.2) is 0 Å². The first kappa shape index (κ1) is 48.8. The standard InChI is InChI=1S/C19H43BN2O23P6/c1-15(23)21-10-7-4-5-9-19(25)22-11-6-2-3-8-12-38-46(26,27)41-48(30,31)43-50(34,35)45-51(36,37)44-49(32,33)42-47(28,29)39-14-17-16(24)13-18(20)40-17/h16-18,24H,2-14,20H2,1H3,(H,21,23)(H,22,25)(H,26,27)(H,28,29)(H,30,31)(H,32,33)(H,34,35)(H,36,37)/t16?,17-,18-/m1/s1. The van der Waals surface area contributed by atoms with Gasteiger partial charge in [0.05, 0.1) is 19.3 Å². The first-order valence-corrected chi connectivity index (χ1v) is 23.9. The summed E-state index contributed by atoms with van der Waals surface area (Å²) >= 11 is 0. The number of rotatable bonds is 27. The normalized spacial score (nSPS) is 24.9. The largest absolute Gasteiger partial charge is 0.490 e. The molecular weight excluding hydrogens is 821 g/mol. The summed E-state index contributed by atoms with van der Waals surface area (Å²) in [5.74, 6) is -0.274. The van der Waals surface area contributed by atoms with E-state index in [1.165, 1.54) is 6.92 Å². The zero-order valence-corrected chi connectivity index (χ0v) is 32.6. The van der Waals surface area contributed by atoms with E-state index in [0.29, 0.717) is 45.2 Å². The fraction of sp³-hybridized carbons (Fsp3) is 0.895. The molecule has 9 N–H and O–H groups in total. The first-order chi connectivity index (χ1) is 23.2. The quantitative estimate of drug-likeness (QED) is 0.0318. The lowest BCUT2D eigenvalue weighted by molar-refractivity contribution is -0.121. The number of hydrogen-bond donors (Lipinski definition) is 9. The number of carbonyl (C=O) groups excluding carboxylic acids is 2. The maximum absolute atomic E-state index is 12.0. The molecule has 25 nitrogen and oxygen atoms in total. The van der Waals surface area contributed by atoms with Crippen LogP contribution in [0.5, 0.6) is 0 Å². The fourth-order valence-corrected chi connectivity index (χ4v) is 11.8. The van der Waals surface area contributed by atoms with Crippen LogP contribution in [-0.2, 0) is 72.3 Å². The number of phosphoric acid groups is 6. The van der Waals surface area contributed by atoms with Crippen molar-refractivity contribution < 1.29 is 107 Å². The van der Waals surface area contributed by atoms with Crippen molar-refractivity contribution in [1.82, 2.24) is 10.6 Å². The van der Waals surface area contributed by atoms with E-state index in [1.807, 2.05) is 0 Å². The second-order valence-electron chi connectivity index (χ2n) is 10.7. The summed E-state index contributed by atoms with van der Waals surface area (Å²) in [6.45, 7) is 0.893. The van der Waals surface area contributed by atoms with Gasteiger partial charge in [-0.05, 0) is 32.1 Å². The molecule has 2 amide bonds. The van der Waals surface area contributed by atoms with Crippen molar-refractivity contribution in [3.05, 3.63) is 0 Å². The number of aliphatic hydroxyl groups excluding tert-OH is 1. The highest BCUT2D eigenvalue weighted by Crippen LogP contribution is 2.75. The van der Waals surface area contributed by atoms with Crippen LogP contribution in [0.25, 0.3) is 0 Å². The highest BCUT2D eigenvalue weighted by Gasteiger charge is 2.49. The van der Waals surface area contributed by atoms with E-state index in [0.717, 1.165) is 12.8 Å². The molecular formula is C19H43BN2O23P6. The summed E-state index contributed by atoms with van der Waals surface area (Å²) in [5, 5.41) is 15.1. The molecule has 1 saturated heterocycles. The highest BCUT2D eigenvalue weighted by atomic mass is 31.3. The van der Waals surface area contributed by atoms with Crippen LogP contribution < -0.4 is 10.6 Å². The summed E-state index contributed by atoms with van der Waals surface area (Å²) in [6.07, 6.45) is 1.84. The van der Waals surface area contributed by atoms with E-state index in [2.05, 4.69) is 41.2 Å². The Balaban J connectivity index is 2.42. The average Bonchev–Trinajstić information content (AvgIpc) is 3.23. The number of aliphatic hydroxyl groups is 1. The number of phosphoric ester groups is 2. The molecule has 0 aliphatic carbocycles. The fourth-order valence-electron chi connectivity index (χ4n) is 3.94. The molecule has 0 aromatic heterocycles. The molecule has 1 fully saturated rings. The van der Waals surface area contributed by atoms with Crippen molar-refractivity contribution in [1.29, 1.82) is 0 Å². The van der Waals surface area contributed by atoms with Crippen LogP contribution in [-0.4, -0.2) is 98.6 Å². The zero-order chi connectivity index (χ0) is 39.2. The van der Waals surface area contributed by atoms with Crippen LogP contribution in [0.4, 0.5) is 0 Å². The molecule has 0 radical (unpaired) electrons. The number of carbonyl (C=O) groups is 2. The molecule has 0 aromatic carbocycles. The zero-order valence-electron chi connectivity index (χ0n) is 27.3. The summed E-state index contributed by atoms with van der Waals surface area (Å²) < 4.78 is 104. The van der Waals surface area contributed by atoms with E-state index in [9.17, 15) is 71.4 Å². The van der Waals surface area contributed by atoms with Crippen LogP contribution in [0, 0.1) is 0 Å². The lowest BCUT2D eigenvalue weighted by atomic mass is 9.96. The van der Waals surface area contributed by atoms with Gasteiger partial charge in [-0.1, -0.05) is 19.3 Å². The maximum atomic E-state index is 12.0. The predicted molar refractivity (Wildman–Crippen MR) is 173 cm³/mol. The number of nitrogens with one attached hydrogen (secondary N) is 2. The van der Waals surface area contributed by atoms with E-state index in [-0.39, 0.29) is 24.7 Å². The Labute approximate surface area is 293 Å². The molecule has 1 aliphatic heterocycles. The Kier molecular flexibility index (Phi) is 20.8. The molecule has 0 aromatic rings. The molecule has 1 heterocycles. The van der Waals surface area contributed by atoms with Crippen molar-refractivity contribution in [3.8, 4) is 0 Å². The highest BCUT2D eigenvalue weighted by molar-refractivity contribution is 7.72. The van der Waals surface area contributed by atoms with Crippen molar-refractivity contribution in [2.45, 2.75) is 82.9 Å². The summed E-state index contributed by atoms with van der Waals surface area (Å²) in [4.78, 5) is 80.1. The number of unbranched alkanes of at least 4 members (excludes halogenated alkanes) is 5. The van der Waals surface area contributed by atoms with Crippen molar-refractivity contribution in [2.75, 3.05) is 26.3 Å². The van der Waals surface area contributed by atoms with E-state index < -0.39 is 78.4 Å². The molecule has 51 heavy (non-hydrogen) atoms. The lowest BCUT2D eigenvalue weighted by Crippen LogP contribution is -2.26. The van der Waals surface area contributed by atoms with Gasteiger partial charge >= 0.3 is 46.9 Å². The molecule has 32 heteroatoms. The second-order valence-corrected chi connectivity index (χ2v) is 20.1. The van der Waals surface area contributed by atoms with Crippen LogP contribution >= 0.6 is 46.9 Å². The Morgan fingerprint density at radius 2 is 1.10 bits per heavy atom. The molecule has 7 unspecified atom stereocenters. The summed E-state index contributed by atoms with van der Waals surface area (Å²) in [7, 11) is -34.7. The van der Waals surface area contributed by atoms with E-state index in [1.54, 1.807) is 7.85 Å². The van der Waals surface area contributed by atoms with Gasteiger partial charge in [-0.15, -0.1) is 0 Å². The number of amides is 2. The summed E-state index contributed by atoms with van der Waals surface area (Å²) in [6, 6.07) is -0.476. The molecule has 1 rings (SSSR count). The van der Waals surface area contributed by atoms with E-state index >= 15 is 0 Å². The Bertz CT molecular complexity index is 1440. The third-order valence-electron chi connectivity index (χ3n) is 5.95. The third kappa shape index (κ3) is 24.0. The average molecular weight is 864 g/mol. The molecule has 9 atom stereocenters. The minimum Gasteiger partial charge on any atom is -0.390 e. The SMILES string of the molecule is B[C@H]1CC(O)[C@@H](COP(=O)(O)OP(=O)(O)OP(=O)(O)OP(=O)(O)OP(=O)(O)OP(=O)(O)OCCCCCCNC(=O)CCCCCNC(C)=O)O1. The van der Waals surface area contributed by atoms with Crippen LogP contribution in [0.1, 0.15) is 64.7 Å². The van der Waals surface area contributed by atoms with Gasteiger partial charge in [0, 0.05) is 32.4 Å². The smallest absolute Gasteiger partial charge is 0.390 e. The third-order valence-corrected chi connectivity index (χ3v) is 15.2. The van der Waals surface area contributed by atoms with Gasteiger partial charge < -0.3 is 49.8 Å². The molecule has 1 aliphatic rings. The van der Waals surface area contributed by atoms with Gasteiger partial charge in [-0.25, -0.2) is 27.4 Å². The van der Waals surface area contributed by atoms with Gasteiger partial charge in [0.2, 0.25) is 11.8 Å². The van der Waals surface area contributed by atoms with Crippen LogP contribution in [0.3, 0.4) is 0 Å². The van der Waals surface area contributed by atoms with Crippen molar-refractivity contribution in [2.24, 2.45) is 0 Å². The minimum atomic E-state index is -6.38. The maximum Gasteiger partial charge on any atom is 0.490 e. The first-order valence-electron chi connectivity index (χ1n) is 14.9. The molecule has 0 saturated carbocycles. The van der Waals surface area contributed by atoms with Crippen molar-refractivity contribution in [3.63, 3.8) is 0 Å². The number of hydrogen-bond acceptors (Lipinski definition) is 17. The number of ether oxygens (including phenoxy) is 1. The Morgan fingerprint density at radius 3 is 1.57 bits per heavy atom. The Morgan fingerprint density at radius 1 is 0.667 bits per heavy atom. The molecule has 0 spiro atoms. The van der Waals surface area contributed by atoms with Gasteiger partial charge in [-0.2, -0.15) is 21.6 Å². The van der Waals surface area contributed by atoms with E-state index in [4.69, 9.17) is 4.74 Å². The molecule has 0 bridgehead atoms.